The first-order chi connectivity index (χ1) is 13.6. The van der Waals surface area contributed by atoms with Crippen molar-refractivity contribution in [2.24, 2.45) is 0 Å². The molecular weight excluding hydrogens is 354 g/mol. The molecule has 2 aromatic rings. The molecule has 0 aromatic heterocycles. The zero-order valence-corrected chi connectivity index (χ0v) is 16.9. The lowest BCUT2D eigenvalue weighted by Crippen LogP contribution is -2.41. The van der Waals surface area contributed by atoms with E-state index in [9.17, 15) is 4.79 Å². The molecule has 3 rings (SSSR count). The van der Waals surface area contributed by atoms with Gasteiger partial charge in [0.25, 0.3) is 0 Å². The average Bonchev–Trinajstić information content (AvgIpc) is 3.21. The molecule has 28 heavy (non-hydrogen) atoms. The Labute approximate surface area is 167 Å². The number of amides is 2. The van der Waals surface area contributed by atoms with Gasteiger partial charge in [-0.25, -0.2) is 4.79 Å². The fraction of sp³-hybridized carbons (Fsp3) is 0.409. The van der Waals surface area contributed by atoms with Gasteiger partial charge in [0.05, 0.1) is 19.7 Å². The van der Waals surface area contributed by atoms with Gasteiger partial charge < -0.3 is 24.6 Å². The maximum absolute atomic E-state index is 12.7. The Morgan fingerprint density at radius 2 is 1.96 bits per heavy atom. The van der Waals surface area contributed by atoms with Crippen LogP contribution in [0.3, 0.4) is 0 Å². The topological polar surface area (TPSA) is 54.0 Å². The van der Waals surface area contributed by atoms with Gasteiger partial charge in [0, 0.05) is 32.4 Å². The standard InChI is InChI=1S/C22H29N3O3/c1-24(2)18-8-4-7-17(15-18)21-11-6-13-25(21)22(26)23-12-14-28-20-10-5-9-19(16-20)27-3/h4-5,7-10,15-16,21H,6,11-14H2,1-3H3,(H,23,26). The normalized spacial score (nSPS) is 16.0. The van der Waals surface area contributed by atoms with E-state index in [1.807, 2.05) is 43.3 Å². The number of ether oxygens (including phenoxy) is 2. The van der Waals surface area contributed by atoms with Crippen LogP contribution in [0.5, 0.6) is 11.5 Å². The maximum atomic E-state index is 12.7. The summed E-state index contributed by atoms with van der Waals surface area (Å²) in [4.78, 5) is 16.7. The van der Waals surface area contributed by atoms with Crippen molar-refractivity contribution in [3.05, 3.63) is 54.1 Å². The summed E-state index contributed by atoms with van der Waals surface area (Å²) in [7, 11) is 5.68. The van der Waals surface area contributed by atoms with Gasteiger partial charge in [-0.1, -0.05) is 18.2 Å². The van der Waals surface area contributed by atoms with Crippen LogP contribution in [-0.2, 0) is 0 Å². The van der Waals surface area contributed by atoms with Crippen LogP contribution in [0.1, 0.15) is 24.4 Å². The summed E-state index contributed by atoms with van der Waals surface area (Å²) in [6.45, 7) is 1.64. The Balaban J connectivity index is 1.52. The Morgan fingerprint density at radius 1 is 1.18 bits per heavy atom. The van der Waals surface area contributed by atoms with Crippen LogP contribution >= 0.6 is 0 Å². The molecule has 0 spiro atoms. The van der Waals surface area contributed by atoms with Gasteiger partial charge in [-0.2, -0.15) is 0 Å². The maximum Gasteiger partial charge on any atom is 0.318 e. The molecular formula is C22H29N3O3. The van der Waals surface area contributed by atoms with E-state index in [4.69, 9.17) is 9.47 Å². The second-order valence-electron chi connectivity index (χ2n) is 7.10. The average molecular weight is 383 g/mol. The number of methoxy groups -OCH3 is 1. The van der Waals surface area contributed by atoms with E-state index in [1.165, 1.54) is 5.56 Å². The van der Waals surface area contributed by atoms with Gasteiger partial charge >= 0.3 is 6.03 Å². The first kappa shape index (κ1) is 19.9. The minimum atomic E-state index is -0.0352. The second kappa shape index (κ2) is 9.35. The van der Waals surface area contributed by atoms with Crippen molar-refractivity contribution in [2.45, 2.75) is 18.9 Å². The van der Waals surface area contributed by atoms with Crippen molar-refractivity contribution in [3.8, 4) is 11.5 Å². The zero-order chi connectivity index (χ0) is 19.9. The van der Waals surface area contributed by atoms with Crippen LogP contribution in [-0.4, -0.2) is 51.8 Å². The van der Waals surface area contributed by atoms with Crippen LogP contribution in [0.15, 0.2) is 48.5 Å². The number of carbonyl (C=O) groups is 1. The molecule has 1 saturated heterocycles. The van der Waals surface area contributed by atoms with Crippen LogP contribution in [0, 0.1) is 0 Å². The second-order valence-corrected chi connectivity index (χ2v) is 7.10. The lowest BCUT2D eigenvalue weighted by atomic mass is 10.0. The molecule has 1 aliphatic rings. The van der Waals surface area contributed by atoms with Crippen molar-refractivity contribution in [1.82, 2.24) is 10.2 Å². The van der Waals surface area contributed by atoms with E-state index in [2.05, 4.69) is 34.5 Å². The molecule has 6 nitrogen and oxygen atoms in total. The van der Waals surface area contributed by atoms with E-state index in [0.717, 1.165) is 36.6 Å². The molecule has 1 N–H and O–H groups in total. The quantitative estimate of drug-likeness (QED) is 0.741. The van der Waals surface area contributed by atoms with Crippen LogP contribution in [0.25, 0.3) is 0 Å². The minimum absolute atomic E-state index is 0.0352. The van der Waals surface area contributed by atoms with E-state index in [0.29, 0.717) is 13.2 Å². The molecule has 150 valence electrons. The van der Waals surface area contributed by atoms with E-state index < -0.39 is 0 Å². The van der Waals surface area contributed by atoms with Crippen molar-refractivity contribution < 1.29 is 14.3 Å². The van der Waals surface area contributed by atoms with Crippen molar-refractivity contribution in [3.63, 3.8) is 0 Å². The Morgan fingerprint density at radius 3 is 2.75 bits per heavy atom. The van der Waals surface area contributed by atoms with Gasteiger partial charge in [-0.3, -0.25) is 0 Å². The molecule has 0 bridgehead atoms. The highest BCUT2D eigenvalue weighted by Crippen LogP contribution is 2.33. The summed E-state index contributed by atoms with van der Waals surface area (Å²) in [6.07, 6.45) is 2.01. The molecule has 1 fully saturated rings. The largest absolute Gasteiger partial charge is 0.497 e. The molecule has 2 aromatic carbocycles. The summed E-state index contributed by atoms with van der Waals surface area (Å²) < 4.78 is 10.9. The number of carbonyl (C=O) groups excluding carboxylic acids is 1. The van der Waals surface area contributed by atoms with Crippen molar-refractivity contribution >= 4 is 11.7 Å². The van der Waals surface area contributed by atoms with Gasteiger partial charge in [-0.15, -0.1) is 0 Å². The minimum Gasteiger partial charge on any atom is -0.497 e. The van der Waals surface area contributed by atoms with Crippen LogP contribution < -0.4 is 19.7 Å². The monoisotopic (exact) mass is 383 g/mol. The SMILES string of the molecule is COc1cccc(OCCNC(=O)N2CCCC2c2cccc(N(C)C)c2)c1. The lowest BCUT2D eigenvalue weighted by Gasteiger charge is -2.26. The summed E-state index contributed by atoms with van der Waals surface area (Å²) in [5.41, 5.74) is 2.34. The molecule has 0 aliphatic carbocycles. The third-order valence-corrected chi connectivity index (χ3v) is 4.97. The molecule has 1 atom stereocenters. The molecule has 1 heterocycles. The summed E-state index contributed by atoms with van der Waals surface area (Å²) in [5, 5.41) is 2.98. The fourth-order valence-electron chi connectivity index (χ4n) is 3.49. The third-order valence-electron chi connectivity index (χ3n) is 4.97. The first-order valence-electron chi connectivity index (χ1n) is 9.67. The predicted molar refractivity (Wildman–Crippen MR) is 111 cm³/mol. The first-order valence-corrected chi connectivity index (χ1v) is 9.67. The summed E-state index contributed by atoms with van der Waals surface area (Å²) >= 11 is 0. The van der Waals surface area contributed by atoms with E-state index in [-0.39, 0.29) is 12.1 Å². The van der Waals surface area contributed by atoms with Gasteiger partial charge in [0.2, 0.25) is 0 Å². The highest BCUT2D eigenvalue weighted by atomic mass is 16.5. The number of nitrogens with one attached hydrogen (secondary N) is 1. The van der Waals surface area contributed by atoms with Gasteiger partial charge in [-0.05, 0) is 42.7 Å². The molecule has 6 heteroatoms. The third kappa shape index (κ3) is 4.88. The number of hydrogen-bond acceptors (Lipinski definition) is 4. The Hall–Kier alpha value is -2.89. The highest BCUT2D eigenvalue weighted by molar-refractivity contribution is 5.75. The number of benzene rings is 2. The summed E-state index contributed by atoms with van der Waals surface area (Å²) in [6, 6.07) is 16.0. The fourth-order valence-corrected chi connectivity index (χ4v) is 3.49. The van der Waals surface area contributed by atoms with Gasteiger partial charge in [0.15, 0.2) is 0 Å². The van der Waals surface area contributed by atoms with Gasteiger partial charge in [0.1, 0.15) is 18.1 Å². The number of hydrogen-bond donors (Lipinski definition) is 1. The molecule has 0 saturated carbocycles. The molecule has 2 amide bonds. The molecule has 1 aliphatic heterocycles. The van der Waals surface area contributed by atoms with Crippen molar-refractivity contribution in [2.75, 3.05) is 45.8 Å². The Bertz CT molecular complexity index is 794. The number of urea groups is 1. The predicted octanol–water partition coefficient (Wildman–Crippen LogP) is 3.69. The number of nitrogens with zero attached hydrogens (tertiary/aromatic N) is 2. The van der Waals surface area contributed by atoms with Crippen LogP contribution in [0.4, 0.5) is 10.5 Å². The highest BCUT2D eigenvalue weighted by Gasteiger charge is 2.29. The summed E-state index contributed by atoms with van der Waals surface area (Å²) in [5.74, 6) is 1.48. The smallest absolute Gasteiger partial charge is 0.318 e. The lowest BCUT2D eigenvalue weighted by molar-refractivity contribution is 0.190. The van der Waals surface area contributed by atoms with E-state index in [1.54, 1.807) is 7.11 Å². The van der Waals surface area contributed by atoms with Crippen molar-refractivity contribution in [1.29, 1.82) is 0 Å². The molecule has 1 unspecified atom stereocenters. The number of anilines is 1. The zero-order valence-electron chi connectivity index (χ0n) is 16.9. The number of rotatable bonds is 7. The number of likely N-dealkylation sites (tertiary alicyclic amines) is 1. The Kier molecular flexibility index (Phi) is 6.63. The van der Waals surface area contributed by atoms with E-state index >= 15 is 0 Å². The van der Waals surface area contributed by atoms with Crippen LogP contribution in [0.2, 0.25) is 0 Å². The molecule has 0 radical (unpaired) electrons.